The molecule has 0 saturated heterocycles. The number of hydrogen-bond acceptors (Lipinski definition) is 4. The molecule has 1 aliphatic rings. The van der Waals surface area contributed by atoms with Crippen molar-refractivity contribution in [3.63, 3.8) is 0 Å². The fourth-order valence-electron chi connectivity index (χ4n) is 2.50. The molecule has 0 aliphatic heterocycles. The average Bonchev–Trinajstić information content (AvgIpc) is 2.85. The number of nitriles is 1. The summed E-state index contributed by atoms with van der Waals surface area (Å²) in [5, 5.41) is 8.75. The van der Waals surface area contributed by atoms with Crippen LogP contribution >= 0.6 is 0 Å². The van der Waals surface area contributed by atoms with Crippen LogP contribution in [0.15, 0.2) is 23.1 Å². The highest BCUT2D eigenvalue weighted by molar-refractivity contribution is 7.89. The molecule has 20 heavy (non-hydrogen) atoms. The first-order valence-electron chi connectivity index (χ1n) is 6.40. The highest BCUT2D eigenvalue weighted by Gasteiger charge is 2.30. The van der Waals surface area contributed by atoms with E-state index < -0.39 is 15.8 Å². The Labute approximate surface area is 117 Å². The highest BCUT2D eigenvalue weighted by atomic mass is 32.2. The average molecular weight is 297 g/mol. The van der Waals surface area contributed by atoms with Gasteiger partial charge in [-0.1, -0.05) is 6.42 Å². The first-order valence-corrected chi connectivity index (χ1v) is 7.88. The van der Waals surface area contributed by atoms with E-state index in [0.717, 1.165) is 37.5 Å². The van der Waals surface area contributed by atoms with Crippen molar-refractivity contribution in [3.05, 3.63) is 29.6 Å². The molecule has 7 heteroatoms. The van der Waals surface area contributed by atoms with Gasteiger partial charge in [0.15, 0.2) is 0 Å². The summed E-state index contributed by atoms with van der Waals surface area (Å²) in [5.74, 6) is -0.604. The highest BCUT2D eigenvalue weighted by Crippen LogP contribution is 2.26. The maximum atomic E-state index is 13.2. The summed E-state index contributed by atoms with van der Waals surface area (Å²) in [6, 6.07) is 4.63. The van der Waals surface area contributed by atoms with Gasteiger partial charge in [0.2, 0.25) is 10.0 Å². The number of benzene rings is 1. The summed E-state index contributed by atoms with van der Waals surface area (Å²) in [5.41, 5.74) is 5.34. The molecule has 1 aromatic carbocycles. The van der Waals surface area contributed by atoms with E-state index in [0.29, 0.717) is 6.54 Å². The lowest BCUT2D eigenvalue weighted by Gasteiger charge is -2.19. The Morgan fingerprint density at radius 1 is 1.45 bits per heavy atom. The first-order chi connectivity index (χ1) is 9.47. The Morgan fingerprint density at radius 2 is 2.20 bits per heavy atom. The van der Waals surface area contributed by atoms with Gasteiger partial charge in [-0.25, -0.2) is 17.5 Å². The number of rotatable bonds is 4. The van der Waals surface area contributed by atoms with Gasteiger partial charge in [-0.05, 0) is 43.5 Å². The van der Waals surface area contributed by atoms with E-state index in [4.69, 9.17) is 11.0 Å². The fraction of sp³-hybridized carbons (Fsp3) is 0.462. The Bertz CT molecular complexity index is 640. The summed E-state index contributed by atoms with van der Waals surface area (Å²) in [6.45, 7) is 0.431. The number of nitrogens with one attached hydrogen (secondary N) is 1. The molecule has 0 aromatic heterocycles. The van der Waals surface area contributed by atoms with Crippen molar-refractivity contribution >= 4 is 10.0 Å². The summed E-state index contributed by atoms with van der Waals surface area (Å²) in [4.78, 5) is -0.0990. The fourth-order valence-corrected chi connectivity index (χ4v) is 3.86. The van der Waals surface area contributed by atoms with Crippen LogP contribution in [0.5, 0.6) is 0 Å². The largest absolute Gasteiger partial charge is 0.330 e. The van der Waals surface area contributed by atoms with Gasteiger partial charge in [-0.2, -0.15) is 5.26 Å². The zero-order valence-electron chi connectivity index (χ0n) is 10.8. The quantitative estimate of drug-likeness (QED) is 0.870. The normalized spacial score (nSPS) is 22.6. The van der Waals surface area contributed by atoms with E-state index in [-0.39, 0.29) is 22.4 Å². The van der Waals surface area contributed by atoms with Crippen LogP contribution in [-0.4, -0.2) is 21.0 Å². The van der Waals surface area contributed by atoms with Gasteiger partial charge < -0.3 is 5.73 Å². The minimum absolute atomic E-state index is 0.0990. The summed E-state index contributed by atoms with van der Waals surface area (Å²) in [6.07, 6.45) is 2.58. The molecule has 0 radical (unpaired) electrons. The van der Waals surface area contributed by atoms with E-state index in [2.05, 4.69) is 4.72 Å². The Kier molecular flexibility index (Phi) is 4.38. The lowest BCUT2D eigenvalue weighted by atomic mass is 10.1. The van der Waals surface area contributed by atoms with E-state index in [1.165, 1.54) is 0 Å². The number of hydrogen-bond donors (Lipinski definition) is 2. The molecule has 0 unspecified atom stereocenters. The van der Waals surface area contributed by atoms with Crippen LogP contribution in [0.25, 0.3) is 0 Å². The summed E-state index contributed by atoms with van der Waals surface area (Å²) in [7, 11) is -3.76. The van der Waals surface area contributed by atoms with Crippen molar-refractivity contribution in [2.24, 2.45) is 11.7 Å². The third kappa shape index (κ3) is 2.98. The second kappa shape index (κ2) is 5.87. The molecule has 1 aromatic rings. The smallest absolute Gasteiger partial charge is 0.240 e. The van der Waals surface area contributed by atoms with Crippen LogP contribution < -0.4 is 10.5 Å². The van der Waals surface area contributed by atoms with Crippen molar-refractivity contribution in [1.82, 2.24) is 4.72 Å². The van der Waals surface area contributed by atoms with Crippen molar-refractivity contribution < 1.29 is 12.8 Å². The van der Waals surface area contributed by atoms with Crippen molar-refractivity contribution in [3.8, 4) is 6.07 Å². The summed E-state index contributed by atoms with van der Waals surface area (Å²) >= 11 is 0. The van der Waals surface area contributed by atoms with Gasteiger partial charge in [0.05, 0.1) is 10.5 Å². The number of sulfonamides is 1. The maximum absolute atomic E-state index is 13.2. The number of nitrogens with two attached hydrogens (primary N) is 1. The van der Waals surface area contributed by atoms with Crippen LogP contribution in [0.4, 0.5) is 4.39 Å². The second-order valence-corrected chi connectivity index (χ2v) is 6.62. The first kappa shape index (κ1) is 14.9. The molecule has 2 rings (SSSR count). The van der Waals surface area contributed by atoms with Crippen LogP contribution in [0.2, 0.25) is 0 Å². The molecule has 1 saturated carbocycles. The van der Waals surface area contributed by atoms with Crippen molar-refractivity contribution in [2.45, 2.75) is 30.2 Å². The third-order valence-corrected chi connectivity index (χ3v) is 5.12. The molecule has 108 valence electrons. The third-order valence-electron chi connectivity index (χ3n) is 3.64. The summed E-state index contributed by atoms with van der Waals surface area (Å²) < 4.78 is 40.3. The topological polar surface area (TPSA) is 96.0 Å². The Hall–Kier alpha value is -1.49. The molecule has 0 bridgehead atoms. The standard InChI is InChI=1S/C13H16FN3O2S/c14-12-5-4-11(6-10(12)8-16)20(18,19)17-13-3-1-2-9(13)7-15/h4-6,9,13,17H,1-3,7,15H2/t9-,13-/m0/s1. The zero-order chi connectivity index (χ0) is 14.8. The van der Waals surface area contributed by atoms with Gasteiger partial charge in [0.1, 0.15) is 11.9 Å². The predicted octanol–water partition coefficient (Wildman–Crippen LogP) is 1.10. The molecule has 0 amide bonds. The van der Waals surface area contributed by atoms with Crippen molar-refractivity contribution in [1.29, 1.82) is 5.26 Å². The maximum Gasteiger partial charge on any atom is 0.240 e. The minimum Gasteiger partial charge on any atom is -0.330 e. The van der Waals surface area contributed by atoms with Gasteiger partial charge in [-0.3, -0.25) is 0 Å². The van der Waals surface area contributed by atoms with Gasteiger partial charge in [-0.15, -0.1) is 0 Å². The SMILES string of the molecule is N#Cc1cc(S(=O)(=O)N[C@H]2CCC[C@H]2CN)ccc1F. The van der Waals surface area contributed by atoms with E-state index in [1.807, 2.05) is 0 Å². The molecule has 1 aliphatic carbocycles. The molecule has 1 fully saturated rings. The lowest BCUT2D eigenvalue weighted by molar-refractivity contribution is 0.453. The Morgan fingerprint density at radius 3 is 2.85 bits per heavy atom. The molecular weight excluding hydrogens is 281 g/mol. The molecule has 0 heterocycles. The van der Waals surface area contributed by atoms with Crippen LogP contribution in [0, 0.1) is 23.1 Å². The Balaban J connectivity index is 2.25. The molecule has 2 atom stereocenters. The van der Waals surface area contributed by atoms with E-state index >= 15 is 0 Å². The number of nitrogens with zero attached hydrogens (tertiary/aromatic N) is 1. The zero-order valence-corrected chi connectivity index (χ0v) is 11.7. The molecule has 0 spiro atoms. The van der Waals surface area contributed by atoms with Crippen LogP contribution in [0.3, 0.4) is 0 Å². The van der Waals surface area contributed by atoms with Crippen molar-refractivity contribution in [2.75, 3.05) is 6.54 Å². The van der Waals surface area contributed by atoms with E-state index in [1.54, 1.807) is 6.07 Å². The predicted molar refractivity (Wildman–Crippen MR) is 71.6 cm³/mol. The minimum atomic E-state index is -3.76. The van der Waals surface area contributed by atoms with Crippen LogP contribution in [-0.2, 0) is 10.0 Å². The number of halogens is 1. The van der Waals surface area contributed by atoms with Gasteiger partial charge in [0.25, 0.3) is 0 Å². The van der Waals surface area contributed by atoms with Crippen LogP contribution in [0.1, 0.15) is 24.8 Å². The molecule has 5 nitrogen and oxygen atoms in total. The second-order valence-electron chi connectivity index (χ2n) is 4.91. The van der Waals surface area contributed by atoms with E-state index in [9.17, 15) is 12.8 Å². The molecular formula is C13H16FN3O2S. The van der Waals surface area contributed by atoms with Gasteiger partial charge >= 0.3 is 0 Å². The lowest BCUT2D eigenvalue weighted by Crippen LogP contribution is -2.39. The van der Waals surface area contributed by atoms with Gasteiger partial charge in [0, 0.05) is 6.04 Å². The monoisotopic (exact) mass is 297 g/mol. The molecule has 3 N–H and O–H groups in total.